The molecule has 19 heavy (non-hydrogen) atoms. The number of ether oxygens (including phenoxy) is 1. The van der Waals surface area contributed by atoms with E-state index in [1.165, 1.54) is 19.3 Å². The smallest absolute Gasteiger partial charge is 0.323 e. The maximum absolute atomic E-state index is 5.63. The second-order valence-corrected chi connectivity index (χ2v) is 4.74. The fourth-order valence-corrected chi connectivity index (χ4v) is 2.26. The van der Waals surface area contributed by atoms with Crippen molar-refractivity contribution in [1.82, 2.24) is 19.9 Å². The molecule has 0 radical (unpaired) electrons. The fourth-order valence-electron chi connectivity index (χ4n) is 2.26. The number of piperidine rings is 1. The molecule has 0 aromatic carbocycles. The quantitative estimate of drug-likeness (QED) is 0.812. The number of hydrogen-bond acceptors (Lipinski definition) is 7. The van der Waals surface area contributed by atoms with Crippen LogP contribution in [0.2, 0.25) is 0 Å². The zero-order valence-corrected chi connectivity index (χ0v) is 11.6. The van der Waals surface area contributed by atoms with Crippen molar-refractivity contribution < 1.29 is 4.74 Å². The lowest BCUT2D eigenvalue weighted by Crippen LogP contribution is -2.41. The van der Waals surface area contributed by atoms with E-state index in [1.807, 2.05) is 6.92 Å². The van der Waals surface area contributed by atoms with Gasteiger partial charge in [0.15, 0.2) is 0 Å². The summed E-state index contributed by atoms with van der Waals surface area (Å²) < 4.78 is 5.25. The van der Waals surface area contributed by atoms with Crippen LogP contribution < -0.4 is 15.8 Å². The minimum Gasteiger partial charge on any atom is -0.464 e. The third-order valence-corrected chi connectivity index (χ3v) is 3.32. The summed E-state index contributed by atoms with van der Waals surface area (Å²) in [5.41, 5.74) is 5.63. The Morgan fingerprint density at radius 3 is 2.95 bits per heavy atom. The summed E-state index contributed by atoms with van der Waals surface area (Å²) in [4.78, 5) is 14.5. The van der Waals surface area contributed by atoms with Gasteiger partial charge in [0, 0.05) is 12.6 Å². The number of nitrogen functional groups attached to an aromatic ring is 1. The van der Waals surface area contributed by atoms with Gasteiger partial charge >= 0.3 is 6.01 Å². The van der Waals surface area contributed by atoms with E-state index < -0.39 is 0 Å². The van der Waals surface area contributed by atoms with Crippen molar-refractivity contribution in [2.45, 2.75) is 32.2 Å². The minimum atomic E-state index is 0.179. The summed E-state index contributed by atoms with van der Waals surface area (Å²) in [5, 5.41) is 3.22. The van der Waals surface area contributed by atoms with Gasteiger partial charge in [0.05, 0.1) is 6.61 Å². The molecule has 1 saturated heterocycles. The molecule has 0 saturated carbocycles. The second-order valence-electron chi connectivity index (χ2n) is 4.74. The van der Waals surface area contributed by atoms with E-state index in [4.69, 9.17) is 10.5 Å². The van der Waals surface area contributed by atoms with E-state index in [2.05, 4.69) is 32.2 Å². The largest absolute Gasteiger partial charge is 0.464 e. The Morgan fingerprint density at radius 1 is 1.37 bits per heavy atom. The summed E-state index contributed by atoms with van der Waals surface area (Å²) in [6, 6.07) is 0.789. The lowest BCUT2D eigenvalue weighted by Gasteiger charge is -2.32. The molecule has 1 fully saturated rings. The second kappa shape index (κ2) is 6.51. The molecule has 106 valence electrons. The van der Waals surface area contributed by atoms with Crippen LogP contribution in [0, 0.1) is 0 Å². The SMILES string of the molecule is CCOc1nc(N)nc(NCC2CCCCN2C)n1. The van der Waals surface area contributed by atoms with Crippen molar-refractivity contribution in [2.75, 3.05) is 37.8 Å². The average molecular weight is 266 g/mol. The van der Waals surface area contributed by atoms with Crippen LogP contribution in [0.5, 0.6) is 6.01 Å². The standard InChI is InChI=1S/C12H22N6O/c1-3-19-12-16-10(13)15-11(17-12)14-8-9-6-4-5-7-18(9)2/h9H,3-8H2,1-2H3,(H3,13,14,15,16,17). The normalized spacial score (nSPS) is 20.2. The maximum atomic E-state index is 5.63. The zero-order valence-electron chi connectivity index (χ0n) is 11.6. The maximum Gasteiger partial charge on any atom is 0.323 e. The van der Waals surface area contributed by atoms with Crippen LogP contribution in [0.3, 0.4) is 0 Å². The number of rotatable bonds is 5. The van der Waals surface area contributed by atoms with E-state index in [0.29, 0.717) is 18.6 Å². The number of likely N-dealkylation sites (N-methyl/N-ethyl adjacent to an activating group) is 1. The third kappa shape index (κ3) is 3.92. The average Bonchev–Trinajstić information content (AvgIpc) is 2.37. The van der Waals surface area contributed by atoms with Gasteiger partial charge in [-0.05, 0) is 33.4 Å². The number of likely N-dealkylation sites (tertiary alicyclic amines) is 1. The molecule has 2 rings (SSSR count). The molecule has 1 atom stereocenters. The van der Waals surface area contributed by atoms with Crippen molar-refractivity contribution in [2.24, 2.45) is 0 Å². The molecular formula is C12H22N6O. The number of nitrogens with zero attached hydrogens (tertiary/aromatic N) is 4. The van der Waals surface area contributed by atoms with Crippen LogP contribution in [0.15, 0.2) is 0 Å². The Balaban J connectivity index is 1.94. The van der Waals surface area contributed by atoms with E-state index in [0.717, 1.165) is 13.1 Å². The Bertz CT molecular complexity index is 413. The molecule has 1 aromatic heterocycles. The van der Waals surface area contributed by atoms with Gasteiger partial charge in [-0.25, -0.2) is 0 Å². The molecule has 1 unspecified atom stereocenters. The first kappa shape index (κ1) is 13.8. The number of nitrogens with two attached hydrogens (primary N) is 1. The monoisotopic (exact) mass is 266 g/mol. The van der Waals surface area contributed by atoms with Gasteiger partial charge in [-0.15, -0.1) is 0 Å². The fraction of sp³-hybridized carbons (Fsp3) is 0.750. The molecule has 2 heterocycles. The highest BCUT2D eigenvalue weighted by atomic mass is 16.5. The van der Waals surface area contributed by atoms with Crippen LogP contribution in [0.25, 0.3) is 0 Å². The van der Waals surface area contributed by atoms with Gasteiger partial charge in [0.2, 0.25) is 11.9 Å². The topological polar surface area (TPSA) is 89.2 Å². The van der Waals surface area contributed by atoms with Crippen LogP contribution in [-0.4, -0.2) is 52.6 Å². The van der Waals surface area contributed by atoms with E-state index in [-0.39, 0.29) is 12.0 Å². The Labute approximate surface area is 113 Å². The molecular weight excluding hydrogens is 244 g/mol. The van der Waals surface area contributed by atoms with Gasteiger partial charge in [0.1, 0.15) is 0 Å². The van der Waals surface area contributed by atoms with Crippen LogP contribution in [0.4, 0.5) is 11.9 Å². The Kier molecular flexibility index (Phi) is 4.73. The molecule has 1 aromatic rings. The molecule has 7 nitrogen and oxygen atoms in total. The zero-order chi connectivity index (χ0) is 13.7. The lowest BCUT2D eigenvalue weighted by atomic mass is 10.0. The molecule has 1 aliphatic heterocycles. The van der Waals surface area contributed by atoms with Crippen LogP contribution >= 0.6 is 0 Å². The molecule has 0 amide bonds. The van der Waals surface area contributed by atoms with Crippen LogP contribution in [0.1, 0.15) is 26.2 Å². The van der Waals surface area contributed by atoms with E-state index in [9.17, 15) is 0 Å². The van der Waals surface area contributed by atoms with Crippen molar-refractivity contribution in [3.63, 3.8) is 0 Å². The van der Waals surface area contributed by atoms with Crippen molar-refractivity contribution in [1.29, 1.82) is 0 Å². The lowest BCUT2D eigenvalue weighted by molar-refractivity contribution is 0.194. The number of anilines is 2. The summed E-state index contributed by atoms with van der Waals surface area (Å²) in [6.45, 7) is 4.35. The highest BCUT2D eigenvalue weighted by molar-refractivity contribution is 5.32. The number of aromatic nitrogens is 3. The first-order valence-electron chi connectivity index (χ1n) is 6.77. The summed E-state index contributed by atoms with van der Waals surface area (Å²) in [5.74, 6) is 0.660. The summed E-state index contributed by atoms with van der Waals surface area (Å²) in [7, 11) is 2.15. The van der Waals surface area contributed by atoms with Gasteiger partial charge in [0.25, 0.3) is 0 Å². The van der Waals surface area contributed by atoms with Crippen molar-refractivity contribution in [3.05, 3.63) is 0 Å². The Morgan fingerprint density at radius 2 is 2.21 bits per heavy atom. The summed E-state index contributed by atoms with van der Waals surface area (Å²) >= 11 is 0. The van der Waals surface area contributed by atoms with Gasteiger partial charge in [-0.3, -0.25) is 0 Å². The molecule has 0 aliphatic carbocycles. The van der Waals surface area contributed by atoms with Gasteiger partial charge in [-0.1, -0.05) is 6.42 Å². The number of nitrogens with one attached hydrogen (secondary N) is 1. The molecule has 0 bridgehead atoms. The summed E-state index contributed by atoms with van der Waals surface area (Å²) in [6.07, 6.45) is 3.75. The highest BCUT2D eigenvalue weighted by Crippen LogP contribution is 2.16. The Hall–Kier alpha value is -1.63. The third-order valence-electron chi connectivity index (χ3n) is 3.32. The minimum absolute atomic E-state index is 0.179. The van der Waals surface area contributed by atoms with Crippen molar-refractivity contribution >= 4 is 11.9 Å². The highest BCUT2D eigenvalue weighted by Gasteiger charge is 2.18. The molecule has 1 aliphatic rings. The predicted molar refractivity (Wildman–Crippen MR) is 74.2 cm³/mol. The molecule has 7 heteroatoms. The van der Waals surface area contributed by atoms with Gasteiger partial charge in [-0.2, -0.15) is 15.0 Å². The van der Waals surface area contributed by atoms with E-state index >= 15 is 0 Å². The van der Waals surface area contributed by atoms with Crippen LogP contribution in [-0.2, 0) is 0 Å². The van der Waals surface area contributed by atoms with Crippen molar-refractivity contribution in [3.8, 4) is 6.01 Å². The first-order chi connectivity index (χ1) is 9.19. The van der Waals surface area contributed by atoms with Gasteiger partial charge < -0.3 is 20.7 Å². The molecule has 0 spiro atoms. The predicted octanol–water partition coefficient (Wildman–Crippen LogP) is 0.749. The molecule has 3 N–H and O–H groups in total. The first-order valence-corrected chi connectivity index (χ1v) is 6.77. The number of hydrogen-bond donors (Lipinski definition) is 2. The van der Waals surface area contributed by atoms with E-state index in [1.54, 1.807) is 0 Å².